The fourth-order valence-corrected chi connectivity index (χ4v) is 1.13. The van der Waals surface area contributed by atoms with Gasteiger partial charge in [0.05, 0.1) is 0 Å². The molecule has 0 rings (SSSR count). The van der Waals surface area contributed by atoms with Crippen LogP contribution in [0.2, 0.25) is 0 Å². The summed E-state index contributed by atoms with van der Waals surface area (Å²) >= 11 is 0. The van der Waals surface area contributed by atoms with Gasteiger partial charge in [-0.25, -0.2) is 9.18 Å². The van der Waals surface area contributed by atoms with Gasteiger partial charge in [-0.3, -0.25) is 0 Å². The van der Waals surface area contributed by atoms with Crippen molar-refractivity contribution in [3.63, 3.8) is 0 Å². The molecule has 0 aromatic heterocycles. The van der Waals surface area contributed by atoms with Gasteiger partial charge in [-0.2, -0.15) is 0 Å². The summed E-state index contributed by atoms with van der Waals surface area (Å²) in [7, 11) is 0. The van der Waals surface area contributed by atoms with Crippen molar-refractivity contribution in [3.05, 3.63) is 12.7 Å². The quantitative estimate of drug-likeness (QED) is 0.360. The normalized spacial score (nSPS) is 14.5. The molecule has 0 bridgehead atoms. The lowest BCUT2D eigenvalue weighted by molar-refractivity contribution is -0.145. The Kier molecular flexibility index (Phi) is 7.07. The van der Waals surface area contributed by atoms with Gasteiger partial charge in [0.1, 0.15) is 12.3 Å². The fraction of sp³-hybridized carbons (Fsp3) is 0.727. The van der Waals surface area contributed by atoms with E-state index in [1.807, 2.05) is 0 Å². The van der Waals surface area contributed by atoms with E-state index in [2.05, 4.69) is 13.5 Å². The first kappa shape index (κ1) is 13.1. The van der Waals surface area contributed by atoms with E-state index >= 15 is 0 Å². The minimum atomic E-state index is -1.06. The van der Waals surface area contributed by atoms with Crippen LogP contribution in [0.5, 0.6) is 0 Å². The molecule has 0 amide bonds. The van der Waals surface area contributed by atoms with Gasteiger partial charge in [-0.15, -0.1) is 0 Å². The van der Waals surface area contributed by atoms with Crippen LogP contribution in [-0.4, -0.2) is 18.2 Å². The molecule has 14 heavy (non-hydrogen) atoms. The first-order valence-electron chi connectivity index (χ1n) is 5.09. The predicted molar refractivity (Wildman–Crippen MR) is 54.8 cm³/mol. The number of carbonyl (C=O) groups is 1. The topological polar surface area (TPSA) is 26.3 Å². The summed E-state index contributed by atoms with van der Waals surface area (Å²) in [5.74, 6) is -0.560. The smallest absolute Gasteiger partial charge is 0.330 e. The molecule has 0 spiro atoms. The van der Waals surface area contributed by atoms with Crippen LogP contribution in [0, 0.1) is 0 Å². The molecule has 0 saturated heterocycles. The molecule has 0 heterocycles. The third-order valence-electron chi connectivity index (χ3n) is 2.06. The van der Waals surface area contributed by atoms with Crippen LogP contribution in [0.15, 0.2) is 12.7 Å². The maximum Gasteiger partial charge on any atom is 0.330 e. The third kappa shape index (κ3) is 5.73. The summed E-state index contributed by atoms with van der Waals surface area (Å²) in [6, 6.07) is 0. The highest BCUT2D eigenvalue weighted by Crippen LogP contribution is 2.12. The second-order valence-electron chi connectivity index (χ2n) is 3.36. The van der Waals surface area contributed by atoms with Gasteiger partial charge in [0.15, 0.2) is 0 Å². The number of hydrogen-bond donors (Lipinski definition) is 0. The SMILES string of the molecule is C=CC(=O)OC(C)C(F)CCCCC. The molecule has 0 aromatic carbocycles. The zero-order chi connectivity index (χ0) is 11.0. The Morgan fingerprint density at radius 1 is 1.57 bits per heavy atom. The van der Waals surface area contributed by atoms with Gasteiger partial charge in [-0.05, 0) is 13.3 Å². The Hall–Kier alpha value is -0.860. The van der Waals surface area contributed by atoms with Crippen LogP contribution in [-0.2, 0) is 9.53 Å². The van der Waals surface area contributed by atoms with Crippen LogP contribution in [0.4, 0.5) is 4.39 Å². The lowest BCUT2D eigenvalue weighted by atomic mass is 10.1. The molecule has 82 valence electrons. The van der Waals surface area contributed by atoms with E-state index < -0.39 is 18.2 Å². The lowest BCUT2D eigenvalue weighted by Gasteiger charge is -2.16. The Labute approximate surface area is 85.1 Å². The number of ether oxygens (including phenoxy) is 1. The maximum absolute atomic E-state index is 13.3. The van der Waals surface area contributed by atoms with Gasteiger partial charge < -0.3 is 4.74 Å². The summed E-state index contributed by atoms with van der Waals surface area (Å²) < 4.78 is 18.1. The van der Waals surface area contributed by atoms with E-state index in [9.17, 15) is 9.18 Å². The van der Waals surface area contributed by atoms with E-state index in [1.165, 1.54) is 0 Å². The van der Waals surface area contributed by atoms with Gasteiger partial charge in [0.2, 0.25) is 0 Å². The molecule has 0 radical (unpaired) electrons. The van der Waals surface area contributed by atoms with Crippen LogP contribution in [0.3, 0.4) is 0 Å². The molecule has 0 fully saturated rings. The van der Waals surface area contributed by atoms with E-state index in [0.29, 0.717) is 6.42 Å². The summed E-state index contributed by atoms with van der Waals surface area (Å²) in [5, 5.41) is 0. The van der Waals surface area contributed by atoms with Gasteiger partial charge >= 0.3 is 5.97 Å². The largest absolute Gasteiger partial charge is 0.456 e. The van der Waals surface area contributed by atoms with Crippen molar-refractivity contribution >= 4 is 5.97 Å². The van der Waals surface area contributed by atoms with Crippen molar-refractivity contribution in [2.45, 2.75) is 51.8 Å². The maximum atomic E-state index is 13.3. The first-order chi connectivity index (χ1) is 6.61. The molecule has 0 aliphatic heterocycles. The van der Waals surface area contributed by atoms with Gasteiger partial charge in [0.25, 0.3) is 0 Å². The molecule has 0 saturated carbocycles. The van der Waals surface area contributed by atoms with Crippen molar-refractivity contribution in [1.82, 2.24) is 0 Å². The van der Waals surface area contributed by atoms with E-state index in [4.69, 9.17) is 4.74 Å². The molecule has 2 atom stereocenters. The Bertz CT molecular complexity index is 180. The Morgan fingerprint density at radius 2 is 2.21 bits per heavy atom. The van der Waals surface area contributed by atoms with Crippen LogP contribution < -0.4 is 0 Å². The monoisotopic (exact) mass is 202 g/mol. The molecule has 0 aromatic rings. The average molecular weight is 202 g/mol. The molecular formula is C11H19FO2. The van der Waals surface area contributed by atoms with Crippen molar-refractivity contribution in [2.75, 3.05) is 0 Å². The van der Waals surface area contributed by atoms with Crippen molar-refractivity contribution in [2.24, 2.45) is 0 Å². The van der Waals surface area contributed by atoms with E-state index in [0.717, 1.165) is 25.3 Å². The third-order valence-corrected chi connectivity index (χ3v) is 2.06. The standard InChI is InChI=1S/C11H19FO2/c1-4-6-7-8-10(12)9(3)14-11(13)5-2/h5,9-10H,2,4,6-8H2,1,3H3. The van der Waals surface area contributed by atoms with Crippen molar-refractivity contribution in [1.29, 1.82) is 0 Å². The zero-order valence-corrected chi connectivity index (χ0v) is 8.96. The summed E-state index contributed by atoms with van der Waals surface area (Å²) in [6.45, 7) is 6.88. The highest BCUT2D eigenvalue weighted by Gasteiger charge is 2.18. The van der Waals surface area contributed by atoms with E-state index in [-0.39, 0.29) is 0 Å². The molecule has 0 aliphatic rings. The van der Waals surface area contributed by atoms with Gasteiger partial charge in [-0.1, -0.05) is 32.8 Å². The molecule has 3 heteroatoms. The van der Waals surface area contributed by atoms with Gasteiger partial charge in [0, 0.05) is 6.08 Å². The van der Waals surface area contributed by atoms with Crippen LogP contribution in [0.25, 0.3) is 0 Å². The van der Waals surface area contributed by atoms with Crippen LogP contribution >= 0.6 is 0 Å². The Balaban J connectivity index is 3.69. The minimum absolute atomic E-state index is 0.458. The van der Waals surface area contributed by atoms with E-state index in [1.54, 1.807) is 6.92 Å². The number of alkyl halides is 1. The minimum Gasteiger partial charge on any atom is -0.456 e. The number of rotatable bonds is 7. The second-order valence-corrected chi connectivity index (χ2v) is 3.36. The molecule has 0 N–H and O–H groups in total. The number of unbranched alkanes of at least 4 members (excludes halogenated alkanes) is 2. The number of hydrogen-bond acceptors (Lipinski definition) is 2. The number of carbonyl (C=O) groups excluding carboxylic acids is 1. The number of esters is 1. The first-order valence-corrected chi connectivity index (χ1v) is 5.09. The fourth-order valence-electron chi connectivity index (χ4n) is 1.13. The predicted octanol–water partition coefficient (Wildman–Crippen LogP) is 3.02. The lowest BCUT2D eigenvalue weighted by Crippen LogP contribution is -2.24. The summed E-state index contributed by atoms with van der Waals surface area (Å²) in [5.41, 5.74) is 0. The molecular weight excluding hydrogens is 183 g/mol. The zero-order valence-electron chi connectivity index (χ0n) is 8.96. The van der Waals surface area contributed by atoms with Crippen molar-refractivity contribution < 1.29 is 13.9 Å². The van der Waals surface area contributed by atoms with Crippen molar-refractivity contribution in [3.8, 4) is 0 Å². The Morgan fingerprint density at radius 3 is 2.71 bits per heavy atom. The average Bonchev–Trinajstić information content (AvgIpc) is 2.17. The summed E-state index contributed by atoms with van der Waals surface area (Å²) in [6.07, 6.45) is 2.70. The van der Waals surface area contributed by atoms with Crippen LogP contribution in [0.1, 0.15) is 39.5 Å². The highest BCUT2D eigenvalue weighted by atomic mass is 19.1. The molecule has 2 unspecified atom stereocenters. The molecule has 2 nitrogen and oxygen atoms in total. The summed E-state index contributed by atoms with van der Waals surface area (Å²) in [4.78, 5) is 10.7. The second kappa shape index (κ2) is 7.54. The molecule has 0 aliphatic carbocycles. The highest BCUT2D eigenvalue weighted by molar-refractivity contribution is 5.81. The number of halogens is 1.